The third kappa shape index (κ3) is 3.54. The molecular weight excluding hydrogens is 134 g/mol. The predicted octanol–water partition coefficient (Wildman–Crippen LogP) is 3.15. The van der Waals surface area contributed by atoms with Crippen LogP contribution in [0.3, 0.4) is 0 Å². The van der Waals surface area contributed by atoms with Crippen LogP contribution in [0.25, 0.3) is 0 Å². The van der Waals surface area contributed by atoms with E-state index in [1.54, 1.807) is 0 Å². The molecule has 0 saturated carbocycles. The Morgan fingerprint density at radius 2 is 2.00 bits per heavy atom. The second-order valence-electron chi connectivity index (χ2n) is 3.92. The quantitative estimate of drug-likeness (QED) is 0.553. The standard InChI is InChI=1S/C10H21N/c1-6-10(3,4)9(2)7-8-11-5/h8-9H,6-7H2,1-5H3. The third-order valence-electron chi connectivity index (χ3n) is 2.89. The molecule has 0 bridgehead atoms. The first-order valence-corrected chi connectivity index (χ1v) is 4.45. The second kappa shape index (κ2) is 4.53. The lowest BCUT2D eigenvalue weighted by Gasteiger charge is -2.29. The van der Waals surface area contributed by atoms with E-state index < -0.39 is 0 Å². The molecule has 0 aliphatic rings. The molecule has 0 aromatic carbocycles. The van der Waals surface area contributed by atoms with Gasteiger partial charge in [-0.05, 0) is 24.0 Å². The van der Waals surface area contributed by atoms with E-state index in [1.807, 2.05) is 13.3 Å². The zero-order chi connectivity index (χ0) is 8.91. The van der Waals surface area contributed by atoms with Crippen LogP contribution in [-0.2, 0) is 0 Å². The van der Waals surface area contributed by atoms with Gasteiger partial charge in [-0.1, -0.05) is 34.1 Å². The molecule has 0 aromatic rings. The van der Waals surface area contributed by atoms with E-state index in [1.165, 1.54) is 6.42 Å². The molecule has 66 valence electrons. The number of aliphatic imine (C=N–C) groups is 1. The van der Waals surface area contributed by atoms with Crippen molar-refractivity contribution in [2.75, 3.05) is 7.05 Å². The summed E-state index contributed by atoms with van der Waals surface area (Å²) in [5, 5.41) is 0. The largest absolute Gasteiger partial charge is 0.301 e. The Kier molecular flexibility index (Phi) is 4.39. The minimum atomic E-state index is 0.460. The Morgan fingerprint density at radius 3 is 2.36 bits per heavy atom. The van der Waals surface area contributed by atoms with Gasteiger partial charge in [-0.25, -0.2) is 0 Å². The second-order valence-corrected chi connectivity index (χ2v) is 3.92. The zero-order valence-corrected chi connectivity index (χ0v) is 8.52. The maximum absolute atomic E-state index is 4.00. The van der Waals surface area contributed by atoms with Crippen molar-refractivity contribution in [2.24, 2.45) is 16.3 Å². The van der Waals surface area contributed by atoms with Crippen molar-refractivity contribution < 1.29 is 0 Å². The molecule has 0 heterocycles. The summed E-state index contributed by atoms with van der Waals surface area (Å²) in [5.41, 5.74) is 0.460. The summed E-state index contributed by atoms with van der Waals surface area (Å²) in [4.78, 5) is 4.00. The van der Waals surface area contributed by atoms with Gasteiger partial charge in [0.25, 0.3) is 0 Å². The van der Waals surface area contributed by atoms with E-state index in [-0.39, 0.29) is 0 Å². The van der Waals surface area contributed by atoms with Crippen LogP contribution in [0.4, 0.5) is 0 Å². The van der Waals surface area contributed by atoms with Crippen molar-refractivity contribution >= 4 is 6.21 Å². The highest BCUT2D eigenvalue weighted by Gasteiger charge is 2.22. The van der Waals surface area contributed by atoms with Crippen LogP contribution in [0.15, 0.2) is 4.99 Å². The number of hydrogen-bond acceptors (Lipinski definition) is 1. The minimum Gasteiger partial charge on any atom is -0.301 e. The van der Waals surface area contributed by atoms with Gasteiger partial charge in [0.15, 0.2) is 0 Å². The molecule has 0 fully saturated rings. The average molecular weight is 155 g/mol. The summed E-state index contributed by atoms with van der Waals surface area (Å²) in [6.45, 7) is 9.19. The van der Waals surface area contributed by atoms with Crippen molar-refractivity contribution in [2.45, 2.75) is 40.5 Å². The lowest BCUT2D eigenvalue weighted by molar-refractivity contribution is 0.229. The lowest BCUT2D eigenvalue weighted by atomic mass is 9.76. The van der Waals surface area contributed by atoms with Crippen molar-refractivity contribution in [3.05, 3.63) is 0 Å². The Bertz CT molecular complexity index is 125. The molecule has 0 aliphatic heterocycles. The lowest BCUT2D eigenvalue weighted by Crippen LogP contribution is -2.20. The topological polar surface area (TPSA) is 12.4 Å². The fourth-order valence-corrected chi connectivity index (χ4v) is 0.931. The molecule has 0 aliphatic carbocycles. The molecule has 0 amide bonds. The summed E-state index contributed by atoms with van der Waals surface area (Å²) < 4.78 is 0. The first-order valence-electron chi connectivity index (χ1n) is 4.45. The fraction of sp³-hybridized carbons (Fsp3) is 0.900. The van der Waals surface area contributed by atoms with E-state index in [9.17, 15) is 0 Å². The molecule has 11 heavy (non-hydrogen) atoms. The van der Waals surface area contributed by atoms with Crippen molar-refractivity contribution in [3.63, 3.8) is 0 Å². The highest BCUT2D eigenvalue weighted by atomic mass is 14.6. The van der Waals surface area contributed by atoms with Gasteiger partial charge in [-0.3, -0.25) is 0 Å². The minimum absolute atomic E-state index is 0.460. The maximum atomic E-state index is 4.00. The number of nitrogens with zero attached hydrogens (tertiary/aromatic N) is 1. The Balaban J connectivity index is 3.90. The Labute approximate surface area is 70.9 Å². The Morgan fingerprint density at radius 1 is 1.45 bits per heavy atom. The van der Waals surface area contributed by atoms with Gasteiger partial charge >= 0.3 is 0 Å². The summed E-state index contributed by atoms with van der Waals surface area (Å²) in [5.74, 6) is 0.733. The molecule has 0 rings (SSSR count). The summed E-state index contributed by atoms with van der Waals surface area (Å²) in [6, 6.07) is 0. The Hall–Kier alpha value is -0.330. The molecule has 1 atom stereocenters. The average Bonchev–Trinajstić information content (AvgIpc) is 2.00. The number of rotatable bonds is 4. The fourth-order valence-electron chi connectivity index (χ4n) is 0.931. The highest BCUT2D eigenvalue weighted by Crippen LogP contribution is 2.31. The van der Waals surface area contributed by atoms with Crippen LogP contribution in [0.2, 0.25) is 0 Å². The van der Waals surface area contributed by atoms with Gasteiger partial charge in [-0.15, -0.1) is 0 Å². The smallest absolute Gasteiger partial charge is 0.0273 e. The van der Waals surface area contributed by atoms with Crippen LogP contribution in [0.1, 0.15) is 40.5 Å². The van der Waals surface area contributed by atoms with Crippen LogP contribution >= 0.6 is 0 Å². The van der Waals surface area contributed by atoms with Gasteiger partial charge in [0.05, 0.1) is 0 Å². The molecule has 0 saturated heterocycles. The van der Waals surface area contributed by atoms with E-state index >= 15 is 0 Å². The van der Waals surface area contributed by atoms with Crippen molar-refractivity contribution in [1.29, 1.82) is 0 Å². The first kappa shape index (κ1) is 10.7. The van der Waals surface area contributed by atoms with Gasteiger partial charge < -0.3 is 4.99 Å². The van der Waals surface area contributed by atoms with Gasteiger partial charge in [-0.2, -0.15) is 0 Å². The molecule has 1 nitrogen and oxygen atoms in total. The van der Waals surface area contributed by atoms with Crippen molar-refractivity contribution in [3.8, 4) is 0 Å². The molecule has 0 aromatic heterocycles. The molecule has 0 radical (unpaired) electrons. The van der Waals surface area contributed by atoms with Gasteiger partial charge in [0, 0.05) is 7.05 Å². The molecule has 1 heteroatoms. The highest BCUT2D eigenvalue weighted by molar-refractivity contribution is 5.57. The van der Waals surface area contributed by atoms with Crippen LogP contribution in [0, 0.1) is 11.3 Å². The molecular formula is C10H21N. The maximum Gasteiger partial charge on any atom is 0.0273 e. The monoisotopic (exact) mass is 155 g/mol. The third-order valence-corrected chi connectivity index (χ3v) is 2.89. The van der Waals surface area contributed by atoms with E-state index in [2.05, 4.69) is 32.7 Å². The van der Waals surface area contributed by atoms with Gasteiger partial charge in [0.2, 0.25) is 0 Å². The van der Waals surface area contributed by atoms with Crippen LogP contribution in [0.5, 0.6) is 0 Å². The van der Waals surface area contributed by atoms with E-state index in [4.69, 9.17) is 0 Å². The normalized spacial score (nSPS) is 15.7. The predicted molar refractivity (Wildman–Crippen MR) is 52.3 cm³/mol. The van der Waals surface area contributed by atoms with Crippen LogP contribution < -0.4 is 0 Å². The SMILES string of the molecule is CCC(C)(C)C(C)CC=NC. The zero-order valence-electron chi connectivity index (χ0n) is 8.52. The summed E-state index contributed by atoms with van der Waals surface area (Å²) in [7, 11) is 1.84. The molecule has 0 N–H and O–H groups in total. The van der Waals surface area contributed by atoms with E-state index in [0.29, 0.717) is 5.41 Å². The van der Waals surface area contributed by atoms with Crippen molar-refractivity contribution in [1.82, 2.24) is 0 Å². The van der Waals surface area contributed by atoms with E-state index in [0.717, 1.165) is 12.3 Å². The molecule has 0 spiro atoms. The van der Waals surface area contributed by atoms with Crippen LogP contribution in [-0.4, -0.2) is 13.3 Å². The molecule has 1 unspecified atom stereocenters. The summed E-state index contributed by atoms with van der Waals surface area (Å²) >= 11 is 0. The summed E-state index contributed by atoms with van der Waals surface area (Å²) in [6.07, 6.45) is 4.37. The first-order chi connectivity index (χ1) is 5.04. The number of hydrogen-bond donors (Lipinski definition) is 0. The van der Waals surface area contributed by atoms with Gasteiger partial charge in [0.1, 0.15) is 0 Å².